The van der Waals surface area contributed by atoms with E-state index in [0.717, 1.165) is 0 Å². The van der Waals surface area contributed by atoms with Crippen molar-refractivity contribution in [3.63, 3.8) is 0 Å². The van der Waals surface area contributed by atoms with Crippen LogP contribution in [-0.4, -0.2) is 11.3 Å². The maximum absolute atomic E-state index is 13.3. The van der Waals surface area contributed by atoms with Gasteiger partial charge in [0, 0.05) is 0 Å². The molecule has 1 aliphatic carbocycles. The van der Waals surface area contributed by atoms with Crippen molar-refractivity contribution in [1.29, 1.82) is 0 Å². The van der Waals surface area contributed by atoms with Crippen LogP contribution in [0.3, 0.4) is 0 Å². The maximum Gasteiger partial charge on any atom is 0.391 e. The highest BCUT2D eigenvalue weighted by atomic mass is 19.4. The van der Waals surface area contributed by atoms with Crippen molar-refractivity contribution >= 4 is 0 Å². The van der Waals surface area contributed by atoms with Crippen LogP contribution < -0.4 is 0 Å². The molecular formula is C14H16F4O. The Kier molecular flexibility index (Phi) is 3.60. The Morgan fingerprint density at radius 3 is 2.21 bits per heavy atom. The van der Waals surface area contributed by atoms with Gasteiger partial charge in [0.15, 0.2) is 0 Å². The van der Waals surface area contributed by atoms with Gasteiger partial charge in [-0.15, -0.1) is 0 Å². The van der Waals surface area contributed by atoms with Gasteiger partial charge in [-0.2, -0.15) is 13.2 Å². The Morgan fingerprint density at radius 1 is 1.16 bits per heavy atom. The quantitative estimate of drug-likeness (QED) is 0.766. The Morgan fingerprint density at radius 2 is 1.74 bits per heavy atom. The van der Waals surface area contributed by atoms with Gasteiger partial charge in [0.05, 0.1) is 11.5 Å². The number of aliphatic hydroxyl groups is 1. The highest BCUT2D eigenvalue weighted by Crippen LogP contribution is 2.45. The summed E-state index contributed by atoms with van der Waals surface area (Å²) in [6, 6.07) is 4.17. The van der Waals surface area contributed by atoms with E-state index in [2.05, 4.69) is 0 Å². The van der Waals surface area contributed by atoms with Crippen LogP contribution in [0.4, 0.5) is 17.6 Å². The van der Waals surface area contributed by atoms with E-state index >= 15 is 0 Å². The SMILES string of the molecule is Cc1cc(F)cc(C2(O)CCC(C(F)(F)F)CC2)c1. The van der Waals surface area contributed by atoms with Gasteiger partial charge in [0.25, 0.3) is 0 Å². The van der Waals surface area contributed by atoms with Crippen molar-refractivity contribution in [2.45, 2.75) is 44.4 Å². The fraction of sp³-hybridized carbons (Fsp3) is 0.571. The lowest BCUT2D eigenvalue weighted by molar-refractivity contribution is -0.193. The first-order valence-corrected chi connectivity index (χ1v) is 6.27. The molecule has 0 aliphatic heterocycles. The molecule has 0 amide bonds. The van der Waals surface area contributed by atoms with Crippen molar-refractivity contribution in [1.82, 2.24) is 0 Å². The Labute approximate surface area is 109 Å². The molecule has 1 N–H and O–H groups in total. The van der Waals surface area contributed by atoms with E-state index in [-0.39, 0.29) is 25.7 Å². The van der Waals surface area contributed by atoms with Crippen LogP contribution in [0.15, 0.2) is 18.2 Å². The topological polar surface area (TPSA) is 20.2 Å². The lowest BCUT2D eigenvalue weighted by atomic mass is 9.75. The molecule has 0 heterocycles. The lowest BCUT2D eigenvalue weighted by Crippen LogP contribution is -2.36. The van der Waals surface area contributed by atoms with Gasteiger partial charge >= 0.3 is 6.18 Å². The van der Waals surface area contributed by atoms with E-state index < -0.39 is 23.5 Å². The molecule has 0 unspecified atom stereocenters. The third-order valence-electron chi connectivity index (χ3n) is 3.86. The van der Waals surface area contributed by atoms with Crippen LogP contribution >= 0.6 is 0 Å². The van der Waals surface area contributed by atoms with Crippen molar-refractivity contribution in [2.24, 2.45) is 5.92 Å². The predicted octanol–water partition coefficient (Wildman–Crippen LogP) is 4.07. The fourth-order valence-electron chi connectivity index (χ4n) is 2.72. The summed E-state index contributed by atoms with van der Waals surface area (Å²) >= 11 is 0. The molecule has 1 aromatic carbocycles. The summed E-state index contributed by atoms with van der Waals surface area (Å²) in [6.45, 7) is 1.69. The molecule has 0 aromatic heterocycles. The molecular weight excluding hydrogens is 260 g/mol. The minimum Gasteiger partial charge on any atom is -0.385 e. The normalized spacial score (nSPS) is 28.4. The van der Waals surface area contributed by atoms with E-state index in [4.69, 9.17) is 0 Å². The molecule has 1 fully saturated rings. The number of alkyl halides is 3. The van der Waals surface area contributed by atoms with Crippen LogP contribution in [0.25, 0.3) is 0 Å². The van der Waals surface area contributed by atoms with Gasteiger partial charge in [-0.05, 0) is 55.9 Å². The second-order valence-corrected chi connectivity index (χ2v) is 5.36. The Bertz CT molecular complexity index is 439. The van der Waals surface area contributed by atoms with Gasteiger partial charge in [-0.3, -0.25) is 0 Å². The third kappa shape index (κ3) is 3.08. The molecule has 0 spiro atoms. The maximum atomic E-state index is 13.3. The van der Waals surface area contributed by atoms with Gasteiger partial charge in [0.1, 0.15) is 5.82 Å². The molecule has 106 valence electrons. The molecule has 1 saturated carbocycles. The first-order valence-electron chi connectivity index (χ1n) is 6.27. The fourth-order valence-corrected chi connectivity index (χ4v) is 2.72. The summed E-state index contributed by atoms with van der Waals surface area (Å²) in [6.07, 6.45) is -4.41. The van der Waals surface area contributed by atoms with Crippen molar-refractivity contribution in [2.75, 3.05) is 0 Å². The summed E-state index contributed by atoms with van der Waals surface area (Å²) in [5, 5.41) is 10.4. The Balaban J connectivity index is 2.18. The zero-order chi connectivity index (χ0) is 14.3. The molecule has 1 aliphatic rings. The third-order valence-corrected chi connectivity index (χ3v) is 3.86. The van der Waals surface area contributed by atoms with Gasteiger partial charge in [0.2, 0.25) is 0 Å². The van der Waals surface area contributed by atoms with Crippen LogP contribution in [-0.2, 0) is 5.60 Å². The average molecular weight is 276 g/mol. The molecule has 0 bridgehead atoms. The summed E-state index contributed by atoms with van der Waals surface area (Å²) in [4.78, 5) is 0. The van der Waals surface area contributed by atoms with Gasteiger partial charge in [-0.25, -0.2) is 4.39 Å². The van der Waals surface area contributed by atoms with E-state index in [1.165, 1.54) is 12.1 Å². The molecule has 1 nitrogen and oxygen atoms in total. The van der Waals surface area contributed by atoms with E-state index in [1.807, 2.05) is 0 Å². The minimum atomic E-state index is -4.21. The monoisotopic (exact) mass is 276 g/mol. The molecule has 2 rings (SSSR count). The molecule has 1 aromatic rings. The highest BCUT2D eigenvalue weighted by Gasteiger charge is 2.45. The molecule has 0 atom stereocenters. The van der Waals surface area contributed by atoms with Crippen LogP contribution in [0, 0.1) is 18.7 Å². The van der Waals surface area contributed by atoms with Crippen molar-refractivity contribution in [3.8, 4) is 0 Å². The van der Waals surface area contributed by atoms with Crippen LogP contribution in [0.5, 0.6) is 0 Å². The van der Waals surface area contributed by atoms with Crippen molar-refractivity contribution < 1.29 is 22.7 Å². The first kappa shape index (κ1) is 14.3. The molecule has 0 radical (unpaired) electrons. The van der Waals surface area contributed by atoms with E-state index in [1.54, 1.807) is 13.0 Å². The smallest absolute Gasteiger partial charge is 0.385 e. The number of benzene rings is 1. The largest absolute Gasteiger partial charge is 0.391 e. The highest BCUT2D eigenvalue weighted by molar-refractivity contribution is 5.29. The second kappa shape index (κ2) is 4.78. The number of rotatable bonds is 1. The average Bonchev–Trinajstić information content (AvgIpc) is 2.27. The summed E-state index contributed by atoms with van der Waals surface area (Å²) < 4.78 is 51.1. The Hall–Kier alpha value is -1.10. The van der Waals surface area contributed by atoms with Crippen LogP contribution in [0.2, 0.25) is 0 Å². The molecule has 0 saturated heterocycles. The summed E-state index contributed by atoms with van der Waals surface area (Å²) in [7, 11) is 0. The van der Waals surface area contributed by atoms with Crippen LogP contribution in [0.1, 0.15) is 36.8 Å². The predicted molar refractivity (Wildman–Crippen MR) is 63.0 cm³/mol. The van der Waals surface area contributed by atoms with Crippen molar-refractivity contribution in [3.05, 3.63) is 35.1 Å². The number of hydrogen-bond donors (Lipinski definition) is 1. The first-order chi connectivity index (χ1) is 8.71. The summed E-state index contributed by atoms with van der Waals surface area (Å²) in [5.41, 5.74) is -0.304. The van der Waals surface area contributed by atoms with E-state index in [9.17, 15) is 22.7 Å². The minimum absolute atomic E-state index is 0.0140. The lowest BCUT2D eigenvalue weighted by Gasteiger charge is -2.37. The standard InChI is InChI=1S/C14H16F4O/c1-9-6-11(8-12(15)7-9)13(19)4-2-10(3-5-13)14(16,17)18/h6-8,10,19H,2-5H2,1H3. The zero-order valence-corrected chi connectivity index (χ0v) is 10.6. The second-order valence-electron chi connectivity index (χ2n) is 5.36. The molecule has 5 heteroatoms. The number of halogens is 4. The molecule has 19 heavy (non-hydrogen) atoms. The van der Waals surface area contributed by atoms with Gasteiger partial charge < -0.3 is 5.11 Å². The van der Waals surface area contributed by atoms with E-state index in [0.29, 0.717) is 11.1 Å². The summed E-state index contributed by atoms with van der Waals surface area (Å²) in [5.74, 6) is -1.83. The number of hydrogen-bond acceptors (Lipinski definition) is 1. The zero-order valence-electron chi connectivity index (χ0n) is 10.6. The van der Waals surface area contributed by atoms with Gasteiger partial charge in [-0.1, -0.05) is 6.07 Å². The number of aryl methyl sites for hydroxylation is 1.